The molecular formula is C10H11F2NO2S. The predicted octanol–water partition coefficient (Wildman–Crippen LogP) is 2.23. The Balaban J connectivity index is 2.38. The van der Waals surface area contributed by atoms with E-state index >= 15 is 0 Å². The van der Waals surface area contributed by atoms with Crippen LogP contribution in [0.3, 0.4) is 0 Å². The Bertz CT molecular complexity index is 412. The zero-order chi connectivity index (χ0) is 11.8. The summed E-state index contributed by atoms with van der Waals surface area (Å²) in [6.45, 7) is 0.429. The molecular weight excluding hydrogens is 236 g/mol. The number of ether oxygens (including phenoxy) is 2. The first-order valence-corrected chi connectivity index (χ1v) is 5.54. The summed E-state index contributed by atoms with van der Waals surface area (Å²) in [6, 6.07) is 3.13. The van der Waals surface area contributed by atoms with Crippen molar-refractivity contribution in [3.63, 3.8) is 0 Å². The summed E-state index contributed by atoms with van der Waals surface area (Å²) in [4.78, 5) is 0.391. The average molecular weight is 247 g/mol. The van der Waals surface area contributed by atoms with E-state index in [1.54, 1.807) is 12.1 Å². The molecule has 1 aliphatic rings. The van der Waals surface area contributed by atoms with Crippen molar-refractivity contribution in [2.45, 2.75) is 16.8 Å². The SMILES string of the molecule is COc1cc2c(cc1CCN)OC(F)(F)S2. The summed E-state index contributed by atoms with van der Waals surface area (Å²) in [6.07, 6.45) is 0.566. The van der Waals surface area contributed by atoms with Crippen molar-refractivity contribution in [2.24, 2.45) is 5.73 Å². The Morgan fingerprint density at radius 1 is 1.50 bits per heavy atom. The zero-order valence-electron chi connectivity index (χ0n) is 8.63. The molecule has 0 saturated carbocycles. The van der Waals surface area contributed by atoms with Crippen LogP contribution >= 0.6 is 11.8 Å². The van der Waals surface area contributed by atoms with Gasteiger partial charge in [-0.2, -0.15) is 8.78 Å². The predicted molar refractivity (Wildman–Crippen MR) is 57.2 cm³/mol. The Morgan fingerprint density at radius 2 is 2.25 bits per heavy atom. The minimum absolute atomic E-state index is 0.194. The monoisotopic (exact) mass is 247 g/mol. The van der Waals surface area contributed by atoms with Crippen molar-refractivity contribution < 1.29 is 18.3 Å². The second kappa shape index (κ2) is 4.10. The third kappa shape index (κ3) is 2.08. The van der Waals surface area contributed by atoms with Crippen LogP contribution in [0.4, 0.5) is 8.78 Å². The van der Waals surface area contributed by atoms with Crippen LogP contribution < -0.4 is 15.2 Å². The van der Waals surface area contributed by atoms with E-state index in [-0.39, 0.29) is 5.75 Å². The second-order valence-electron chi connectivity index (χ2n) is 3.32. The van der Waals surface area contributed by atoms with Gasteiger partial charge in [-0.15, -0.1) is 0 Å². The number of halogens is 2. The van der Waals surface area contributed by atoms with Gasteiger partial charge in [0.15, 0.2) is 0 Å². The Morgan fingerprint density at radius 3 is 2.88 bits per heavy atom. The molecule has 0 amide bonds. The molecule has 0 fully saturated rings. The van der Waals surface area contributed by atoms with Crippen LogP contribution in [0.1, 0.15) is 5.56 Å². The van der Waals surface area contributed by atoms with Gasteiger partial charge in [-0.1, -0.05) is 0 Å². The first kappa shape index (κ1) is 11.5. The molecule has 0 radical (unpaired) electrons. The van der Waals surface area contributed by atoms with E-state index < -0.39 is 5.44 Å². The smallest absolute Gasteiger partial charge is 0.457 e. The number of rotatable bonds is 3. The van der Waals surface area contributed by atoms with E-state index in [9.17, 15) is 8.78 Å². The highest BCUT2D eigenvalue weighted by molar-refractivity contribution is 8.00. The lowest BCUT2D eigenvalue weighted by atomic mass is 10.1. The van der Waals surface area contributed by atoms with E-state index in [4.69, 9.17) is 10.5 Å². The van der Waals surface area contributed by atoms with Gasteiger partial charge in [0, 0.05) is 0 Å². The third-order valence-electron chi connectivity index (χ3n) is 2.22. The van der Waals surface area contributed by atoms with Crippen LogP contribution in [0.25, 0.3) is 0 Å². The number of hydrogen-bond donors (Lipinski definition) is 1. The topological polar surface area (TPSA) is 44.5 Å². The number of alkyl halides is 2. The van der Waals surface area contributed by atoms with Crippen LogP contribution in [0.15, 0.2) is 17.0 Å². The standard InChI is InChI=1S/C10H11F2NO2S/c1-14-7-5-9-8(4-6(7)2-3-13)15-10(11,12)16-9/h4-5H,2-3,13H2,1H3. The third-order valence-corrected chi connectivity index (χ3v) is 3.08. The van der Waals surface area contributed by atoms with Gasteiger partial charge in [0.25, 0.3) is 0 Å². The van der Waals surface area contributed by atoms with Crippen molar-refractivity contribution in [1.82, 2.24) is 0 Å². The van der Waals surface area contributed by atoms with Gasteiger partial charge < -0.3 is 15.2 Å². The molecule has 0 unspecified atom stereocenters. The minimum Gasteiger partial charge on any atom is -0.496 e. The maximum Gasteiger partial charge on any atom is 0.457 e. The van der Waals surface area contributed by atoms with Gasteiger partial charge in [-0.05, 0) is 42.4 Å². The van der Waals surface area contributed by atoms with Crippen molar-refractivity contribution in [3.8, 4) is 11.5 Å². The van der Waals surface area contributed by atoms with Crippen LogP contribution in [-0.4, -0.2) is 19.1 Å². The molecule has 0 bridgehead atoms. The molecule has 1 aliphatic heterocycles. The number of benzene rings is 1. The van der Waals surface area contributed by atoms with Gasteiger partial charge in [-0.3, -0.25) is 0 Å². The number of methoxy groups -OCH3 is 1. The van der Waals surface area contributed by atoms with E-state index in [1.807, 2.05) is 0 Å². The molecule has 0 aromatic heterocycles. The largest absolute Gasteiger partial charge is 0.496 e. The molecule has 0 atom stereocenters. The highest BCUT2D eigenvalue weighted by Crippen LogP contribution is 2.51. The molecule has 2 rings (SSSR count). The summed E-state index contributed by atoms with van der Waals surface area (Å²) in [7, 11) is 1.50. The molecule has 88 valence electrons. The molecule has 1 aromatic carbocycles. The molecule has 2 N–H and O–H groups in total. The van der Waals surface area contributed by atoms with Crippen LogP contribution in [-0.2, 0) is 6.42 Å². The van der Waals surface area contributed by atoms with E-state index in [0.717, 1.165) is 5.56 Å². The maximum atomic E-state index is 13.0. The summed E-state index contributed by atoms with van der Waals surface area (Å²) in [5, 5.41) is 0. The Labute approximate surface area is 95.9 Å². The molecule has 3 nitrogen and oxygen atoms in total. The molecule has 0 spiro atoms. The summed E-state index contributed by atoms with van der Waals surface area (Å²) < 4.78 is 35.6. The minimum atomic E-state index is -3.19. The normalized spacial score (nSPS) is 16.8. The lowest BCUT2D eigenvalue weighted by molar-refractivity contribution is -0.0822. The molecule has 16 heavy (non-hydrogen) atoms. The van der Waals surface area contributed by atoms with Gasteiger partial charge in [-0.25, -0.2) is 0 Å². The van der Waals surface area contributed by atoms with Gasteiger partial charge in [0.05, 0.1) is 12.0 Å². The maximum absolute atomic E-state index is 13.0. The second-order valence-corrected chi connectivity index (χ2v) is 4.44. The number of thioether (sulfide) groups is 1. The van der Waals surface area contributed by atoms with Crippen molar-refractivity contribution >= 4 is 11.8 Å². The summed E-state index contributed by atoms with van der Waals surface area (Å²) >= 11 is 0.383. The van der Waals surface area contributed by atoms with Crippen LogP contribution in [0, 0.1) is 0 Å². The fraction of sp³-hybridized carbons (Fsp3) is 0.400. The highest BCUT2D eigenvalue weighted by Gasteiger charge is 2.41. The Hall–Kier alpha value is -1.01. The fourth-order valence-electron chi connectivity index (χ4n) is 1.56. The number of fused-ring (bicyclic) bond motifs is 1. The van der Waals surface area contributed by atoms with E-state index in [0.29, 0.717) is 35.4 Å². The summed E-state index contributed by atoms with van der Waals surface area (Å²) in [5.74, 6) is 0.761. The molecule has 1 aromatic rings. The fourth-order valence-corrected chi connectivity index (χ4v) is 2.32. The summed E-state index contributed by atoms with van der Waals surface area (Å²) in [5.41, 5.74) is 3.03. The van der Waals surface area contributed by atoms with Crippen molar-refractivity contribution in [1.29, 1.82) is 0 Å². The van der Waals surface area contributed by atoms with Crippen LogP contribution in [0.2, 0.25) is 0 Å². The highest BCUT2D eigenvalue weighted by atomic mass is 32.2. The van der Waals surface area contributed by atoms with Gasteiger partial charge in [0.1, 0.15) is 11.5 Å². The Kier molecular flexibility index (Phi) is 2.94. The van der Waals surface area contributed by atoms with Gasteiger partial charge >= 0.3 is 5.44 Å². The number of hydrogen-bond acceptors (Lipinski definition) is 4. The first-order valence-electron chi connectivity index (χ1n) is 4.72. The quantitative estimate of drug-likeness (QED) is 0.889. The molecule has 6 heteroatoms. The van der Waals surface area contributed by atoms with Crippen LogP contribution in [0.5, 0.6) is 11.5 Å². The van der Waals surface area contributed by atoms with Gasteiger partial charge in [0.2, 0.25) is 0 Å². The molecule has 0 saturated heterocycles. The number of nitrogens with two attached hydrogens (primary N) is 1. The van der Waals surface area contributed by atoms with Crippen molar-refractivity contribution in [3.05, 3.63) is 17.7 Å². The average Bonchev–Trinajstić information content (AvgIpc) is 2.50. The first-order chi connectivity index (χ1) is 7.55. The van der Waals surface area contributed by atoms with E-state index in [1.165, 1.54) is 7.11 Å². The lowest BCUT2D eigenvalue weighted by Crippen LogP contribution is -2.13. The van der Waals surface area contributed by atoms with E-state index in [2.05, 4.69) is 4.74 Å². The molecule has 1 heterocycles. The zero-order valence-corrected chi connectivity index (χ0v) is 9.44. The molecule has 0 aliphatic carbocycles. The lowest BCUT2D eigenvalue weighted by Gasteiger charge is -2.09. The van der Waals surface area contributed by atoms with Crippen molar-refractivity contribution in [2.75, 3.05) is 13.7 Å².